The van der Waals surface area contributed by atoms with Gasteiger partial charge in [0.1, 0.15) is 6.10 Å². The molecule has 3 N–H and O–H groups in total. The highest BCUT2D eigenvalue weighted by atomic mass is 35.5. The van der Waals surface area contributed by atoms with Crippen molar-refractivity contribution in [2.75, 3.05) is 11.9 Å². The van der Waals surface area contributed by atoms with Gasteiger partial charge in [0.15, 0.2) is 0 Å². The van der Waals surface area contributed by atoms with E-state index in [-0.39, 0.29) is 6.10 Å². The van der Waals surface area contributed by atoms with Crippen molar-refractivity contribution in [3.63, 3.8) is 0 Å². The molecule has 1 atom stereocenters. The van der Waals surface area contributed by atoms with Crippen LogP contribution in [-0.2, 0) is 4.74 Å². The van der Waals surface area contributed by atoms with Gasteiger partial charge in [-0.2, -0.15) is 0 Å². The molecule has 1 aliphatic rings. The second-order valence-electron chi connectivity index (χ2n) is 4.15. The molecule has 0 aliphatic carbocycles. The Hall–Kier alpha value is -1.68. The number of rotatable bonds is 4. The molecule has 0 bridgehead atoms. The number of nitrogens with two attached hydrogens (primary N) is 1. The van der Waals surface area contributed by atoms with Crippen molar-refractivity contribution < 1.29 is 9.53 Å². The van der Waals surface area contributed by atoms with Crippen LogP contribution in [0.15, 0.2) is 30.5 Å². The lowest BCUT2D eigenvalue weighted by atomic mass is 10.1. The van der Waals surface area contributed by atoms with Crippen LogP contribution in [-0.4, -0.2) is 18.6 Å². The minimum Gasteiger partial charge on any atom is -0.497 e. The topological polar surface area (TPSA) is 64.4 Å². The highest BCUT2D eigenvalue weighted by molar-refractivity contribution is 6.33. The number of allylic oxidation sites excluding steroid dienone is 1. The Kier molecular flexibility index (Phi) is 4.10. The number of amides is 1. The second-order valence-corrected chi connectivity index (χ2v) is 4.55. The summed E-state index contributed by atoms with van der Waals surface area (Å²) < 4.78 is 5.44. The van der Waals surface area contributed by atoms with Crippen molar-refractivity contribution in [1.82, 2.24) is 0 Å². The average molecular weight is 267 g/mol. The van der Waals surface area contributed by atoms with Gasteiger partial charge < -0.3 is 15.8 Å². The average Bonchev–Trinajstić information content (AvgIpc) is 2.38. The van der Waals surface area contributed by atoms with E-state index in [4.69, 9.17) is 22.1 Å². The predicted molar refractivity (Wildman–Crippen MR) is 71.7 cm³/mol. The van der Waals surface area contributed by atoms with Gasteiger partial charge in [-0.15, -0.1) is 0 Å². The molecule has 0 aromatic heterocycles. The zero-order valence-electron chi connectivity index (χ0n) is 9.86. The number of benzene rings is 1. The van der Waals surface area contributed by atoms with Crippen LogP contribution in [0, 0.1) is 0 Å². The Morgan fingerprint density at radius 1 is 1.56 bits per heavy atom. The van der Waals surface area contributed by atoms with Gasteiger partial charge in [-0.1, -0.05) is 11.6 Å². The van der Waals surface area contributed by atoms with Crippen molar-refractivity contribution in [1.29, 1.82) is 0 Å². The maximum Gasteiger partial charge on any atom is 0.248 e. The number of nitrogens with one attached hydrogen (secondary N) is 1. The molecule has 0 saturated carbocycles. The summed E-state index contributed by atoms with van der Waals surface area (Å²) in [6.45, 7) is 0.645. The molecule has 1 heterocycles. The number of carbonyl (C=O) groups excluding carboxylic acids is 1. The standard InChI is InChI=1S/C13H15ClN2O2/c14-11-5-4-9(13(15)17)7-12(11)16-8-10-3-1-2-6-18-10/h2,4-7,10,16H,1,3,8H2,(H2,15,17). The van der Waals surface area contributed by atoms with Gasteiger partial charge >= 0.3 is 0 Å². The fraction of sp³-hybridized carbons (Fsp3) is 0.308. The van der Waals surface area contributed by atoms with Crippen LogP contribution in [0.5, 0.6) is 0 Å². The van der Waals surface area contributed by atoms with E-state index in [1.807, 2.05) is 6.08 Å². The van der Waals surface area contributed by atoms with Gasteiger partial charge in [-0.05, 0) is 37.1 Å². The summed E-state index contributed by atoms with van der Waals surface area (Å²) in [4.78, 5) is 11.1. The molecule has 1 aromatic rings. The Morgan fingerprint density at radius 3 is 3.06 bits per heavy atom. The van der Waals surface area contributed by atoms with Gasteiger partial charge in [0, 0.05) is 5.56 Å². The van der Waals surface area contributed by atoms with Gasteiger partial charge in [-0.3, -0.25) is 4.79 Å². The van der Waals surface area contributed by atoms with Crippen molar-refractivity contribution in [2.24, 2.45) is 5.73 Å². The van der Waals surface area contributed by atoms with Gasteiger partial charge in [0.2, 0.25) is 5.91 Å². The Labute approximate surface area is 111 Å². The van der Waals surface area contributed by atoms with Crippen molar-refractivity contribution >= 4 is 23.2 Å². The maximum absolute atomic E-state index is 11.1. The molecule has 0 saturated heterocycles. The van der Waals surface area contributed by atoms with Crippen LogP contribution in [0.1, 0.15) is 23.2 Å². The summed E-state index contributed by atoms with van der Waals surface area (Å²) in [6, 6.07) is 4.92. The molecule has 1 aromatic carbocycles. The molecule has 1 unspecified atom stereocenters. The molecule has 2 rings (SSSR count). The number of primary amides is 1. The predicted octanol–water partition coefficient (Wildman–Crippen LogP) is 2.54. The lowest BCUT2D eigenvalue weighted by Gasteiger charge is -2.20. The number of halogens is 1. The monoisotopic (exact) mass is 266 g/mol. The number of hydrogen-bond donors (Lipinski definition) is 2. The third-order valence-electron chi connectivity index (χ3n) is 2.79. The Morgan fingerprint density at radius 2 is 2.39 bits per heavy atom. The van der Waals surface area contributed by atoms with Crippen LogP contribution in [0.4, 0.5) is 5.69 Å². The maximum atomic E-state index is 11.1. The minimum absolute atomic E-state index is 0.128. The molecular weight excluding hydrogens is 252 g/mol. The van der Waals surface area contributed by atoms with E-state index in [0.717, 1.165) is 12.8 Å². The number of carbonyl (C=O) groups is 1. The summed E-state index contributed by atoms with van der Waals surface area (Å²) in [5.74, 6) is -0.466. The SMILES string of the molecule is NC(=O)c1ccc(Cl)c(NCC2CCC=CO2)c1. The minimum atomic E-state index is -0.466. The first-order valence-electron chi connectivity index (χ1n) is 5.80. The highest BCUT2D eigenvalue weighted by Gasteiger charge is 2.12. The van der Waals surface area contributed by atoms with Crippen LogP contribution in [0.25, 0.3) is 0 Å². The van der Waals surface area contributed by atoms with E-state index in [2.05, 4.69) is 5.32 Å². The Balaban J connectivity index is 2.01. The zero-order chi connectivity index (χ0) is 13.0. The van der Waals surface area contributed by atoms with Gasteiger partial charge in [-0.25, -0.2) is 0 Å². The molecule has 18 heavy (non-hydrogen) atoms. The molecule has 96 valence electrons. The van der Waals surface area contributed by atoms with Crippen LogP contribution in [0.3, 0.4) is 0 Å². The lowest BCUT2D eigenvalue weighted by molar-refractivity contribution is 0.100. The van der Waals surface area contributed by atoms with Crippen molar-refractivity contribution in [3.8, 4) is 0 Å². The summed E-state index contributed by atoms with van der Waals surface area (Å²) in [5.41, 5.74) is 6.36. The lowest BCUT2D eigenvalue weighted by Crippen LogP contribution is -2.23. The molecular formula is C13H15ClN2O2. The normalized spacial score (nSPS) is 18.2. The van der Waals surface area contributed by atoms with Gasteiger partial charge in [0.25, 0.3) is 0 Å². The first kappa shape index (κ1) is 12.8. The van der Waals surface area contributed by atoms with Gasteiger partial charge in [0.05, 0.1) is 23.5 Å². The molecule has 1 aliphatic heterocycles. The molecule has 1 amide bonds. The highest BCUT2D eigenvalue weighted by Crippen LogP contribution is 2.23. The van der Waals surface area contributed by atoms with Crippen LogP contribution >= 0.6 is 11.6 Å². The smallest absolute Gasteiger partial charge is 0.248 e. The Bertz CT molecular complexity index is 474. The molecule has 0 spiro atoms. The third kappa shape index (κ3) is 3.17. The van der Waals surface area contributed by atoms with E-state index >= 15 is 0 Å². The summed E-state index contributed by atoms with van der Waals surface area (Å²) in [5, 5.41) is 3.74. The van der Waals surface area contributed by atoms with E-state index < -0.39 is 5.91 Å². The largest absolute Gasteiger partial charge is 0.497 e. The quantitative estimate of drug-likeness (QED) is 0.880. The second kappa shape index (κ2) is 5.78. The molecule has 4 nitrogen and oxygen atoms in total. The van der Waals surface area contributed by atoms with Crippen molar-refractivity contribution in [2.45, 2.75) is 18.9 Å². The van der Waals surface area contributed by atoms with Crippen LogP contribution < -0.4 is 11.1 Å². The van der Waals surface area contributed by atoms with E-state index in [0.29, 0.717) is 22.8 Å². The summed E-state index contributed by atoms with van der Waals surface area (Å²) >= 11 is 6.05. The molecule has 0 radical (unpaired) electrons. The zero-order valence-corrected chi connectivity index (χ0v) is 10.6. The summed E-state index contributed by atoms with van der Waals surface area (Å²) in [7, 11) is 0. The number of ether oxygens (including phenoxy) is 1. The van der Waals surface area contributed by atoms with Crippen molar-refractivity contribution in [3.05, 3.63) is 41.1 Å². The fourth-order valence-corrected chi connectivity index (χ4v) is 1.96. The summed E-state index contributed by atoms with van der Waals surface area (Å²) in [6.07, 6.45) is 5.83. The third-order valence-corrected chi connectivity index (χ3v) is 3.12. The van der Waals surface area contributed by atoms with E-state index in [1.165, 1.54) is 0 Å². The van der Waals surface area contributed by atoms with Crippen LogP contribution in [0.2, 0.25) is 5.02 Å². The fourth-order valence-electron chi connectivity index (χ4n) is 1.77. The molecule has 0 fully saturated rings. The van der Waals surface area contributed by atoms with E-state index in [1.54, 1.807) is 24.5 Å². The number of hydrogen-bond acceptors (Lipinski definition) is 3. The van der Waals surface area contributed by atoms with E-state index in [9.17, 15) is 4.79 Å². The first-order chi connectivity index (χ1) is 8.66. The number of anilines is 1. The first-order valence-corrected chi connectivity index (χ1v) is 6.18. The molecule has 5 heteroatoms.